The van der Waals surface area contributed by atoms with Crippen molar-refractivity contribution in [3.8, 4) is 0 Å². The number of amidine groups is 1. The molecular weight excluding hydrogens is 192 g/mol. The molecule has 4 heteroatoms. The first kappa shape index (κ1) is 10.9. The zero-order valence-electron chi connectivity index (χ0n) is 9.15. The van der Waals surface area contributed by atoms with E-state index in [-0.39, 0.29) is 6.29 Å². The molecule has 15 heavy (non-hydrogen) atoms. The molecule has 1 unspecified atom stereocenters. The van der Waals surface area contributed by atoms with Crippen molar-refractivity contribution in [2.75, 3.05) is 13.2 Å². The average molecular weight is 212 g/mol. The molecule has 4 nitrogen and oxygen atoms in total. The lowest BCUT2D eigenvalue weighted by Crippen LogP contribution is -2.16. The van der Waals surface area contributed by atoms with Gasteiger partial charge in [-0.2, -0.15) is 0 Å². The van der Waals surface area contributed by atoms with Crippen molar-refractivity contribution >= 4 is 5.84 Å². The molecule has 1 atom stereocenters. The first-order valence-corrected chi connectivity index (χ1v) is 5.90. The van der Waals surface area contributed by atoms with Crippen molar-refractivity contribution in [1.82, 2.24) is 0 Å². The third-order valence-corrected chi connectivity index (χ3v) is 3.00. The number of aliphatic imine (C=N–C) groups is 1. The maximum atomic E-state index is 5.80. The van der Waals surface area contributed by atoms with Gasteiger partial charge in [-0.05, 0) is 19.3 Å². The fourth-order valence-corrected chi connectivity index (χ4v) is 2.16. The van der Waals surface area contributed by atoms with E-state index in [1.807, 2.05) is 0 Å². The highest BCUT2D eigenvalue weighted by atomic mass is 16.7. The second-order valence-electron chi connectivity index (χ2n) is 4.27. The van der Waals surface area contributed by atoms with Crippen LogP contribution in [0.5, 0.6) is 0 Å². The molecule has 2 rings (SSSR count). The van der Waals surface area contributed by atoms with Crippen LogP contribution in [0.3, 0.4) is 0 Å². The molecule has 1 fully saturated rings. The normalized spacial score (nSPS) is 28.8. The van der Waals surface area contributed by atoms with Crippen LogP contribution >= 0.6 is 0 Å². The lowest BCUT2D eigenvalue weighted by atomic mass is 10.1. The number of nitrogens with zero attached hydrogens (tertiary/aromatic N) is 1. The predicted octanol–water partition coefficient (Wildman–Crippen LogP) is 1.44. The van der Waals surface area contributed by atoms with Crippen molar-refractivity contribution in [1.29, 1.82) is 0 Å². The zero-order chi connectivity index (χ0) is 10.5. The molecule has 0 amide bonds. The molecule has 0 spiro atoms. The first-order chi connectivity index (χ1) is 7.34. The van der Waals surface area contributed by atoms with Gasteiger partial charge < -0.3 is 15.2 Å². The number of hydrogen-bond donors (Lipinski definition) is 1. The summed E-state index contributed by atoms with van der Waals surface area (Å²) in [4.78, 5) is 4.52. The maximum absolute atomic E-state index is 5.80. The molecule has 86 valence electrons. The van der Waals surface area contributed by atoms with E-state index in [9.17, 15) is 0 Å². The Labute approximate surface area is 90.8 Å². The van der Waals surface area contributed by atoms with E-state index in [1.165, 1.54) is 12.8 Å². The lowest BCUT2D eigenvalue weighted by Gasteiger charge is -2.13. The van der Waals surface area contributed by atoms with Crippen molar-refractivity contribution in [2.45, 2.75) is 50.9 Å². The highest BCUT2D eigenvalue weighted by molar-refractivity contribution is 5.80. The van der Waals surface area contributed by atoms with Crippen LogP contribution in [-0.2, 0) is 9.47 Å². The largest absolute Gasteiger partial charge is 0.387 e. The topological polar surface area (TPSA) is 56.8 Å². The molecule has 0 aromatic carbocycles. The lowest BCUT2D eigenvalue weighted by molar-refractivity contribution is -0.0486. The van der Waals surface area contributed by atoms with Crippen LogP contribution in [0.25, 0.3) is 0 Å². The highest BCUT2D eigenvalue weighted by Gasteiger charge is 2.19. The molecule has 0 saturated carbocycles. The monoisotopic (exact) mass is 212 g/mol. The van der Waals surface area contributed by atoms with Gasteiger partial charge in [0.2, 0.25) is 0 Å². The summed E-state index contributed by atoms with van der Waals surface area (Å²) in [6, 6.07) is 0.389. The van der Waals surface area contributed by atoms with E-state index >= 15 is 0 Å². The third kappa shape index (κ3) is 3.47. The van der Waals surface area contributed by atoms with Crippen LogP contribution < -0.4 is 5.73 Å². The average Bonchev–Trinajstić information content (AvgIpc) is 2.65. The van der Waals surface area contributed by atoms with Crippen molar-refractivity contribution in [3.05, 3.63) is 0 Å². The van der Waals surface area contributed by atoms with E-state index in [1.54, 1.807) is 0 Å². The molecule has 0 aromatic heterocycles. The fraction of sp³-hybridized carbons (Fsp3) is 0.909. The number of hydrogen-bond acceptors (Lipinski definition) is 4. The summed E-state index contributed by atoms with van der Waals surface area (Å²) in [5.74, 6) is 0.825. The third-order valence-electron chi connectivity index (χ3n) is 3.00. The zero-order valence-corrected chi connectivity index (χ0v) is 9.15. The molecule has 1 saturated heterocycles. The van der Waals surface area contributed by atoms with Gasteiger partial charge in [0, 0.05) is 12.8 Å². The van der Waals surface area contributed by atoms with Crippen molar-refractivity contribution in [3.63, 3.8) is 0 Å². The van der Waals surface area contributed by atoms with Gasteiger partial charge in [0.25, 0.3) is 0 Å². The molecule has 0 aliphatic carbocycles. The summed E-state index contributed by atoms with van der Waals surface area (Å²) in [5.41, 5.74) is 5.80. The van der Waals surface area contributed by atoms with Gasteiger partial charge in [0.05, 0.1) is 25.1 Å². The Balaban J connectivity index is 1.74. The summed E-state index contributed by atoms with van der Waals surface area (Å²) in [5, 5.41) is 0. The van der Waals surface area contributed by atoms with Crippen molar-refractivity contribution in [2.24, 2.45) is 10.7 Å². The van der Waals surface area contributed by atoms with Crippen molar-refractivity contribution < 1.29 is 9.47 Å². The minimum absolute atomic E-state index is 0.00433. The highest BCUT2D eigenvalue weighted by Crippen LogP contribution is 2.19. The standard InChI is InChI=1S/C11H20N2O2/c12-10-4-2-1-3-9(13-10)5-6-11-14-7-8-15-11/h9,11H,1-8H2,(H2,12,13). The Hall–Kier alpha value is -0.610. The molecule has 2 heterocycles. The molecule has 0 aromatic rings. The second kappa shape index (κ2) is 5.47. The first-order valence-electron chi connectivity index (χ1n) is 5.90. The Morgan fingerprint density at radius 1 is 1.20 bits per heavy atom. The van der Waals surface area contributed by atoms with Gasteiger partial charge in [-0.15, -0.1) is 0 Å². The second-order valence-corrected chi connectivity index (χ2v) is 4.27. The minimum Gasteiger partial charge on any atom is -0.387 e. The summed E-state index contributed by atoms with van der Waals surface area (Å²) in [7, 11) is 0. The van der Waals surface area contributed by atoms with E-state index in [0.29, 0.717) is 6.04 Å². The molecular formula is C11H20N2O2. The number of ether oxygens (including phenoxy) is 2. The van der Waals surface area contributed by atoms with Gasteiger partial charge in [0.1, 0.15) is 0 Å². The van der Waals surface area contributed by atoms with Gasteiger partial charge in [-0.25, -0.2) is 0 Å². The Kier molecular flexibility index (Phi) is 3.97. The van der Waals surface area contributed by atoms with E-state index < -0.39 is 0 Å². The summed E-state index contributed by atoms with van der Waals surface area (Å²) in [6.07, 6.45) is 6.53. The van der Waals surface area contributed by atoms with E-state index in [0.717, 1.165) is 44.7 Å². The Bertz CT molecular complexity index is 225. The van der Waals surface area contributed by atoms with Crippen LogP contribution in [0.2, 0.25) is 0 Å². The summed E-state index contributed by atoms with van der Waals surface area (Å²) in [6.45, 7) is 1.47. The van der Waals surface area contributed by atoms with Crippen LogP contribution in [0.1, 0.15) is 38.5 Å². The maximum Gasteiger partial charge on any atom is 0.157 e. The van der Waals surface area contributed by atoms with Crippen LogP contribution in [0.4, 0.5) is 0 Å². The Morgan fingerprint density at radius 3 is 2.80 bits per heavy atom. The fourth-order valence-electron chi connectivity index (χ4n) is 2.16. The van der Waals surface area contributed by atoms with Gasteiger partial charge in [-0.3, -0.25) is 4.99 Å². The molecule has 0 bridgehead atoms. The van der Waals surface area contributed by atoms with E-state index in [2.05, 4.69) is 4.99 Å². The van der Waals surface area contributed by atoms with E-state index in [4.69, 9.17) is 15.2 Å². The molecule has 0 radical (unpaired) electrons. The predicted molar refractivity (Wildman–Crippen MR) is 58.8 cm³/mol. The number of rotatable bonds is 3. The Morgan fingerprint density at radius 2 is 2.00 bits per heavy atom. The van der Waals surface area contributed by atoms with Crippen LogP contribution in [-0.4, -0.2) is 31.4 Å². The number of nitrogens with two attached hydrogens (primary N) is 1. The SMILES string of the molecule is NC1=NC(CCC2OCCO2)CCCC1. The molecule has 2 aliphatic heterocycles. The van der Waals surface area contributed by atoms with Gasteiger partial charge >= 0.3 is 0 Å². The quantitative estimate of drug-likeness (QED) is 0.770. The minimum atomic E-state index is 0.00433. The smallest absolute Gasteiger partial charge is 0.157 e. The summed E-state index contributed by atoms with van der Waals surface area (Å²) < 4.78 is 10.8. The van der Waals surface area contributed by atoms with Gasteiger partial charge in [-0.1, -0.05) is 6.42 Å². The summed E-state index contributed by atoms with van der Waals surface area (Å²) >= 11 is 0. The molecule has 2 aliphatic rings. The molecule has 2 N–H and O–H groups in total. The van der Waals surface area contributed by atoms with Gasteiger partial charge in [0.15, 0.2) is 6.29 Å². The van der Waals surface area contributed by atoms with Crippen LogP contribution in [0, 0.1) is 0 Å². The van der Waals surface area contributed by atoms with Crippen LogP contribution in [0.15, 0.2) is 4.99 Å².